The van der Waals surface area contributed by atoms with Crippen molar-refractivity contribution >= 4 is 17.7 Å². The van der Waals surface area contributed by atoms with Gasteiger partial charge in [0, 0.05) is 11.5 Å². The number of hydrogen-bond donors (Lipinski definition) is 0. The molecule has 7 atom stereocenters. The van der Waals surface area contributed by atoms with E-state index in [0.29, 0.717) is 24.8 Å². The van der Waals surface area contributed by atoms with Crippen LogP contribution < -0.4 is 0 Å². The molecule has 4 rings (SSSR count). The van der Waals surface area contributed by atoms with Gasteiger partial charge in [-0.05, 0) is 42.6 Å². The number of cyclic esters (lactones) is 1. The molecule has 1 aromatic heterocycles. The van der Waals surface area contributed by atoms with Crippen LogP contribution in [0.5, 0.6) is 0 Å². The number of ether oxygens (including phenoxy) is 2. The number of ketones is 1. The molecule has 3 fully saturated rings. The highest BCUT2D eigenvalue weighted by molar-refractivity contribution is 5.91. The first kappa shape index (κ1) is 19.2. The zero-order valence-corrected chi connectivity index (χ0v) is 16.3. The summed E-state index contributed by atoms with van der Waals surface area (Å²) in [5.41, 5.74) is -0.848. The highest BCUT2D eigenvalue weighted by Crippen LogP contribution is 2.65. The van der Waals surface area contributed by atoms with Gasteiger partial charge in [-0.25, -0.2) is 4.39 Å². The van der Waals surface area contributed by atoms with Crippen LogP contribution in [0.2, 0.25) is 0 Å². The van der Waals surface area contributed by atoms with Gasteiger partial charge in [0.05, 0.1) is 31.5 Å². The molecule has 28 heavy (non-hydrogen) atoms. The Kier molecular flexibility index (Phi) is 4.39. The number of carbonyl (C=O) groups excluding carboxylic acids is 3. The highest BCUT2D eigenvalue weighted by Gasteiger charge is 2.67. The molecule has 0 bridgehead atoms. The first-order chi connectivity index (χ1) is 13.2. The second-order valence-corrected chi connectivity index (χ2v) is 8.90. The van der Waals surface area contributed by atoms with Gasteiger partial charge in [-0.15, -0.1) is 0 Å². The van der Waals surface area contributed by atoms with Crippen LogP contribution in [-0.4, -0.2) is 31.0 Å². The quantitative estimate of drug-likeness (QED) is 0.718. The topological polar surface area (TPSA) is 82.8 Å². The van der Waals surface area contributed by atoms with E-state index >= 15 is 0 Å². The molecule has 1 aromatic rings. The summed E-state index contributed by atoms with van der Waals surface area (Å²) in [5.74, 6) is -3.33. The van der Waals surface area contributed by atoms with E-state index in [1.54, 1.807) is 6.07 Å². The van der Waals surface area contributed by atoms with Crippen LogP contribution >= 0.6 is 0 Å². The van der Waals surface area contributed by atoms with E-state index in [1.165, 1.54) is 19.6 Å². The fourth-order valence-electron chi connectivity index (χ4n) is 6.14. The van der Waals surface area contributed by atoms with Crippen molar-refractivity contribution in [3.8, 4) is 0 Å². The standard InChI is InChI=1S/C21H25FO6/c1-20-6-4-12-19(25)28-15(11-5-7-27-10-11)9-21(12,2)17(20)16(23)14(22)8-13(20)18(24)26-3/h5,7,10,12-15,17H,4,6,8-9H2,1-3H3/t12-,13-,14-,15-,17-,20-,21-/m0/s1. The summed E-state index contributed by atoms with van der Waals surface area (Å²) in [5, 5.41) is 0. The lowest BCUT2D eigenvalue weighted by molar-refractivity contribution is -0.205. The zero-order valence-electron chi connectivity index (χ0n) is 16.3. The maximum absolute atomic E-state index is 14.8. The SMILES string of the molecule is COC(=O)[C@@H]1C[C@H](F)C(=O)[C@H]2[C@@]1(C)CC[C@H]1C(=O)O[C@H](c3ccoc3)C[C@]21C. The smallest absolute Gasteiger partial charge is 0.310 e. The summed E-state index contributed by atoms with van der Waals surface area (Å²) < 4.78 is 30.5. The van der Waals surface area contributed by atoms with E-state index in [-0.39, 0.29) is 12.4 Å². The predicted molar refractivity (Wildman–Crippen MR) is 94.6 cm³/mol. The van der Waals surface area contributed by atoms with Gasteiger partial charge < -0.3 is 13.9 Å². The van der Waals surface area contributed by atoms with Crippen molar-refractivity contribution in [1.29, 1.82) is 0 Å². The number of hydrogen-bond acceptors (Lipinski definition) is 6. The fraction of sp³-hybridized carbons (Fsp3) is 0.667. The van der Waals surface area contributed by atoms with Gasteiger partial charge >= 0.3 is 11.9 Å². The number of methoxy groups -OCH3 is 1. The molecule has 1 aliphatic heterocycles. The Morgan fingerprint density at radius 1 is 1.29 bits per heavy atom. The molecule has 7 heteroatoms. The average molecular weight is 392 g/mol. The van der Waals surface area contributed by atoms with Crippen molar-refractivity contribution < 1.29 is 32.7 Å². The Morgan fingerprint density at radius 3 is 2.68 bits per heavy atom. The maximum Gasteiger partial charge on any atom is 0.310 e. The van der Waals surface area contributed by atoms with Crippen LogP contribution in [0, 0.1) is 28.6 Å². The molecule has 0 radical (unpaired) electrons. The minimum atomic E-state index is -1.73. The van der Waals surface area contributed by atoms with Gasteiger partial charge in [-0.1, -0.05) is 13.8 Å². The Balaban J connectivity index is 1.79. The van der Waals surface area contributed by atoms with Crippen LogP contribution in [-0.2, 0) is 23.9 Å². The Labute approximate surface area is 162 Å². The number of fused-ring (bicyclic) bond motifs is 3. The third kappa shape index (κ3) is 2.54. The second-order valence-electron chi connectivity index (χ2n) is 8.90. The maximum atomic E-state index is 14.8. The Hall–Kier alpha value is -2.18. The molecule has 0 unspecified atom stereocenters. The van der Waals surface area contributed by atoms with Gasteiger partial charge in [0.1, 0.15) is 6.10 Å². The second kappa shape index (κ2) is 6.42. The summed E-state index contributed by atoms with van der Waals surface area (Å²) in [7, 11) is 1.28. The van der Waals surface area contributed by atoms with Gasteiger partial charge in [-0.3, -0.25) is 14.4 Å². The first-order valence-corrected chi connectivity index (χ1v) is 9.70. The molecule has 2 heterocycles. The van der Waals surface area contributed by atoms with Crippen molar-refractivity contribution in [3.63, 3.8) is 0 Å². The van der Waals surface area contributed by atoms with E-state index in [2.05, 4.69) is 0 Å². The van der Waals surface area contributed by atoms with Gasteiger partial charge in [-0.2, -0.15) is 0 Å². The van der Waals surface area contributed by atoms with Crippen molar-refractivity contribution in [2.45, 2.75) is 51.8 Å². The molecule has 1 saturated heterocycles. The van der Waals surface area contributed by atoms with E-state index in [1.807, 2.05) is 13.8 Å². The van der Waals surface area contributed by atoms with Crippen LogP contribution in [0.3, 0.4) is 0 Å². The normalized spacial score (nSPS) is 42.9. The van der Waals surface area contributed by atoms with Crippen molar-refractivity contribution in [1.82, 2.24) is 0 Å². The van der Waals surface area contributed by atoms with Crippen LogP contribution in [0.4, 0.5) is 4.39 Å². The molecular formula is C21H25FO6. The summed E-state index contributed by atoms with van der Waals surface area (Å²) in [6, 6.07) is 1.72. The minimum Gasteiger partial charge on any atom is -0.472 e. The van der Waals surface area contributed by atoms with E-state index in [4.69, 9.17) is 13.9 Å². The molecule has 0 aromatic carbocycles. The zero-order chi connectivity index (χ0) is 20.3. The van der Waals surface area contributed by atoms with Crippen molar-refractivity contribution in [3.05, 3.63) is 24.2 Å². The molecule has 6 nitrogen and oxygen atoms in total. The summed E-state index contributed by atoms with van der Waals surface area (Å²) in [6.45, 7) is 3.74. The monoisotopic (exact) mass is 392 g/mol. The largest absolute Gasteiger partial charge is 0.472 e. The third-order valence-electron chi connectivity index (χ3n) is 7.49. The lowest BCUT2D eigenvalue weighted by Crippen LogP contribution is -2.63. The number of carbonyl (C=O) groups is 3. The highest BCUT2D eigenvalue weighted by atomic mass is 19.1. The number of alkyl halides is 1. The average Bonchev–Trinajstić information content (AvgIpc) is 3.18. The molecule has 3 aliphatic rings. The lowest BCUT2D eigenvalue weighted by Gasteiger charge is -2.60. The number of furan rings is 1. The van der Waals surface area contributed by atoms with E-state index in [9.17, 15) is 18.8 Å². The van der Waals surface area contributed by atoms with Gasteiger partial charge in [0.25, 0.3) is 0 Å². The molecule has 2 saturated carbocycles. The summed E-state index contributed by atoms with van der Waals surface area (Å²) in [4.78, 5) is 38.4. The van der Waals surface area contributed by atoms with Crippen LogP contribution in [0.25, 0.3) is 0 Å². The molecular weight excluding hydrogens is 367 g/mol. The van der Waals surface area contributed by atoms with Crippen molar-refractivity contribution in [2.24, 2.45) is 28.6 Å². The van der Waals surface area contributed by atoms with Crippen LogP contribution in [0.15, 0.2) is 23.0 Å². The predicted octanol–water partition coefficient (Wildman–Crippen LogP) is 3.41. The summed E-state index contributed by atoms with van der Waals surface area (Å²) in [6.07, 6.45) is 1.92. The van der Waals surface area contributed by atoms with Crippen LogP contribution in [0.1, 0.15) is 51.2 Å². The van der Waals surface area contributed by atoms with Gasteiger partial charge in [0.15, 0.2) is 12.0 Å². The summed E-state index contributed by atoms with van der Waals surface area (Å²) >= 11 is 0. The molecule has 0 amide bonds. The van der Waals surface area contributed by atoms with E-state index in [0.717, 1.165) is 0 Å². The number of Topliss-reactive ketones (excluding diaryl/α,β-unsaturated/α-hetero) is 1. The van der Waals surface area contributed by atoms with Gasteiger partial charge in [0.2, 0.25) is 0 Å². The molecule has 0 spiro atoms. The fourth-order valence-corrected chi connectivity index (χ4v) is 6.14. The van der Waals surface area contributed by atoms with E-state index < -0.39 is 52.6 Å². The Morgan fingerprint density at radius 2 is 2.04 bits per heavy atom. The minimum absolute atomic E-state index is 0.158. The number of esters is 2. The number of halogens is 1. The third-order valence-corrected chi connectivity index (χ3v) is 7.49. The molecule has 152 valence electrons. The molecule has 0 N–H and O–H groups in total. The molecule has 2 aliphatic carbocycles. The first-order valence-electron chi connectivity index (χ1n) is 9.70. The number of rotatable bonds is 2. The van der Waals surface area contributed by atoms with Crippen molar-refractivity contribution in [2.75, 3.05) is 7.11 Å². The lowest BCUT2D eigenvalue weighted by atomic mass is 9.43. The Bertz CT molecular complexity index is 804.